The van der Waals surface area contributed by atoms with Crippen LogP contribution in [0.15, 0.2) is 18.2 Å². The molecule has 1 rings (SSSR count). The van der Waals surface area contributed by atoms with Gasteiger partial charge in [0, 0.05) is 11.6 Å². The predicted molar refractivity (Wildman–Crippen MR) is 62.9 cm³/mol. The zero-order chi connectivity index (χ0) is 13.9. The van der Waals surface area contributed by atoms with E-state index in [0.717, 1.165) is 6.07 Å². The van der Waals surface area contributed by atoms with Crippen molar-refractivity contribution in [1.82, 2.24) is 0 Å². The van der Waals surface area contributed by atoms with Crippen LogP contribution in [0.5, 0.6) is 0 Å². The van der Waals surface area contributed by atoms with Crippen molar-refractivity contribution in [1.29, 1.82) is 0 Å². The van der Waals surface area contributed by atoms with Gasteiger partial charge in [-0.25, -0.2) is 8.42 Å². The predicted octanol–water partition coefficient (Wildman–Crippen LogP) is 0.730. The van der Waals surface area contributed by atoms with Gasteiger partial charge < -0.3 is 5.11 Å². The molecule has 9 heteroatoms. The molecule has 0 aliphatic heterocycles. The highest BCUT2D eigenvalue weighted by atomic mass is 32.2. The van der Waals surface area contributed by atoms with Crippen molar-refractivity contribution in [3.8, 4) is 0 Å². The number of carboxylic acids is 1. The summed E-state index contributed by atoms with van der Waals surface area (Å²) < 4.78 is 24.6. The first-order valence-corrected chi connectivity index (χ1v) is 6.34. The molecule has 0 atom stereocenters. The average Bonchev–Trinajstić information content (AvgIpc) is 2.18. The maximum Gasteiger partial charge on any atom is 0.320 e. The smallest absolute Gasteiger partial charge is 0.320 e. The molecule has 0 heterocycles. The molecule has 0 aliphatic carbocycles. The summed E-state index contributed by atoms with van der Waals surface area (Å²) in [4.78, 5) is 20.3. The second-order valence-electron chi connectivity index (χ2n) is 3.51. The van der Waals surface area contributed by atoms with E-state index in [1.807, 2.05) is 4.72 Å². The van der Waals surface area contributed by atoms with Gasteiger partial charge in [0.1, 0.15) is 0 Å². The summed E-state index contributed by atoms with van der Waals surface area (Å²) >= 11 is 0. The van der Waals surface area contributed by atoms with Gasteiger partial charge in [0.05, 0.1) is 10.6 Å². The highest BCUT2D eigenvalue weighted by molar-refractivity contribution is 7.93. The molecule has 1 aromatic rings. The van der Waals surface area contributed by atoms with Gasteiger partial charge in [-0.2, -0.15) is 0 Å². The van der Waals surface area contributed by atoms with Crippen LogP contribution in [0, 0.1) is 17.0 Å². The minimum absolute atomic E-state index is 0.0476. The fraction of sp³-hybridized carbons (Fsp3) is 0.222. The Labute approximate surface area is 102 Å². The van der Waals surface area contributed by atoms with Crippen LogP contribution in [-0.2, 0) is 14.8 Å². The minimum Gasteiger partial charge on any atom is -0.480 e. The quantitative estimate of drug-likeness (QED) is 0.602. The Hall–Kier alpha value is -2.16. The fourth-order valence-corrected chi connectivity index (χ4v) is 2.13. The Morgan fingerprint density at radius 2 is 2.11 bits per heavy atom. The van der Waals surface area contributed by atoms with Crippen molar-refractivity contribution in [3.63, 3.8) is 0 Å². The van der Waals surface area contributed by atoms with E-state index in [1.54, 1.807) is 0 Å². The van der Waals surface area contributed by atoms with Gasteiger partial charge in [-0.05, 0) is 13.0 Å². The molecule has 0 amide bonds. The summed E-state index contributed by atoms with van der Waals surface area (Å²) in [5.41, 5.74) is 0.0836. The topological polar surface area (TPSA) is 127 Å². The normalized spacial score (nSPS) is 10.9. The first-order valence-electron chi connectivity index (χ1n) is 4.68. The monoisotopic (exact) mass is 274 g/mol. The van der Waals surface area contributed by atoms with Crippen molar-refractivity contribution < 1.29 is 23.2 Å². The fourth-order valence-electron chi connectivity index (χ4n) is 1.25. The van der Waals surface area contributed by atoms with E-state index in [9.17, 15) is 23.3 Å². The minimum atomic E-state index is -4.06. The van der Waals surface area contributed by atoms with E-state index in [2.05, 4.69) is 0 Å². The average molecular weight is 274 g/mol. The number of nitrogens with zero attached hydrogens (tertiary/aromatic N) is 1. The summed E-state index contributed by atoms with van der Waals surface area (Å²) in [6, 6.07) is 3.73. The third-order valence-electron chi connectivity index (χ3n) is 1.99. The molecule has 0 saturated heterocycles. The van der Waals surface area contributed by atoms with Gasteiger partial charge >= 0.3 is 5.97 Å². The Bertz CT molecular complexity index is 595. The molecule has 0 radical (unpaired) electrons. The number of aliphatic carboxylic acids is 1. The van der Waals surface area contributed by atoms with Crippen molar-refractivity contribution in [3.05, 3.63) is 33.9 Å². The van der Waals surface area contributed by atoms with Crippen LogP contribution in [0.1, 0.15) is 5.56 Å². The van der Waals surface area contributed by atoms with Gasteiger partial charge in [-0.1, -0.05) is 6.07 Å². The standard InChI is InChI=1S/C9H10N2O6S/c1-6-2-3-7(4-8(6)11(14)15)10-18(16,17)5-9(12)13/h2-4,10H,5H2,1H3,(H,12,13). The largest absolute Gasteiger partial charge is 0.480 e. The lowest BCUT2D eigenvalue weighted by Gasteiger charge is -2.06. The first-order chi connectivity index (χ1) is 8.21. The molecule has 98 valence electrons. The number of anilines is 1. The number of sulfonamides is 1. The zero-order valence-corrected chi connectivity index (χ0v) is 10.1. The van der Waals surface area contributed by atoms with Crippen LogP contribution in [0.2, 0.25) is 0 Å². The second-order valence-corrected chi connectivity index (χ2v) is 5.24. The molecular weight excluding hydrogens is 264 g/mol. The van der Waals surface area contributed by atoms with Crippen molar-refractivity contribution >= 4 is 27.4 Å². The highest BCUT2D eigenvalue weighted by Gasteiger charge is 2.18. The number of carbonyl (C=O) groups is 1. The molecule has 0 bridgehead atoms. The molecule has 0 unspecified atom stereocenters. The third-order valence-corrected chi connectivity index (χ3v) is 3.17. The highest BCUT2D eigenvalue weighted by Crippen LogP contribution is 2.22. The number of nitro groups is 1. The molecular formula is C9H10N2O6S. The molecule has 0 fully saturated rings. The number of hydrogen-bond acceptors (Lipinski definition) is 5. The van der Waals surface area contributed by atoms with Crippen molar-refractivity contribution in [2.24, 2.45) is 0 Å². The summed E-state index contributed by atoms with van der Waals surface area (Å²) in [5, 5.41) is 19.0. The van der Waals surface area contributed by atoms with E-state index >= 15 is 0 Å². The zero-order valence-electron chi connectivity index (χ0n) is 9.28. The molecule has 0 saturated carbocycles. The maximum atomic E-state index is 11.3. The number of benzene rings is 1. The SMILES string of the molecule is Cc1ccc(NS(=O)(=O)CC(=O)O)cc1[N+](=O)[O-]. The molecule has 2 N–H and O–H groups in total. The van der Waals surface area contributed by atoms with Crippen LogP contribution in [0.4, 0.5) is 11.4 Å². The van der Waals surface area contributed by atoms with Crippen molar-refractivity contribution in [2.45, 2.75) is 6.92 Å². The van der Waals surface area contributed by atoms with Crippen LogP contribution in [0.25, 0.3) is 0 Å². The van der Waals surface area contributed by atoms with Crippen LogP contribution in [-0.4, -0.2) is 30.2 Å². The lowest BCUT2D eigenvalue weighted by Crippen LogP contribution is -2.22. The molecule has 0 aromatic heterocycles. The maximum absolute atomic E-state index is 11.3. The number of hydrogen-bond donors (Lipinski definition) is 2. The Morgan fingerprint density at radius 3 is 2.61 bits per heavy atom. The number of rotatable bonds is 5. The van der Waals surface area contributed by atoms with Crippen LogP contribution < -0.4 is 4.72 Å². The summed E-state index contributed by atoms with van der Waals surface area (Å²) in [6.07, 6.45) is 0. The van der Waals surface area contributed by atoms with Crippen LogP contribution in [0.3, 0.4) is 0 Å². The second kappa shape index (κ2) is 5.00. The number of nitrogens with one attached hydrogen (secondary N) is 1. The van der Waals surface area contributed by atoms with E-state index in [0.29, 0.717) is 5.56 Å². The summed E-state index contributed by atoms with van der Waals surface area (Å²) in [5.74, 6) is -2.61. The number of aryl methyl sites for hydroxylation is 1. The lowest BCUT2D eigenvalue weighted by molar-refractivity contribution is -0.385. The van der Waals surface area contributed by atoms with Gasteiger partial charge in [-0.15, -0.1) is 0 Å². The lowest BCUT2D eigenvalue weighted by atomic mass is 10.2. The number of carboxylic acid groups (broad SMARTS) is 1. The molecule has 8 nitrogen and oxygen atoms in total. The van der Waals surface area contributed by atoms with Crippen LogP contribution >= 0.6 is 0 Å². The van der Waals surface area contributed by atoms with Gasteiger partial charge in [0.25, 0.3) is 5.69 Å². The van der Waals surface area contributed by atoms with Gasteiger partial charge in [-0.3, -0.25) is 19.6 Å². The Balaban J connectivity index is 3.03. The Kier molecular flexibility index (Phi) is 3.86. The molecule has 0 spiro atoms. The van der Waals surface area contributed by atoms with Crippen molar-refractivity contribution in [2.75, 3.05) is 10.5 Å². The molecule has 0 aliphatic rings. The van der Waals surface area contributed by atoms with E-state index in [4.69, 9.17) is 5.11 Å². The Morgan fingerprint density at radius 1 is 1.50 bits per heavy atom. The van der Waals surface area contributed by atoms with E-state index in [-0.39, 0.29) is 11.4 Å². The van der Waals surface area contributed by atoms with Gasteiger partial charge in [0.15, 0.2) is 5.75 Å². The molecule has 1 aromatic carbocycles. The third kappa shape index (κ3) is 3.70. The molecule has 18 heavy (non-hydrogen) atoms. The summed E-state index contributed by atoms with van der Waals surface area (Å²) in [6.45, 7) is 1.51. The van der Waals surface area contributed by atoms with E-state index in [1.165, 1.54) is 19.1 Å². The van der Waals surface area contributed by atoms with Gasteiger partial charge in [0.2, 0.25) is 10.0 Å². The van der Waals surface area contributed by atoms with E-state index < -0.39 is 26.7 Å². The first kappa shape index (κ1) is 13.9. The summed E-state index contributed by atoms with van der Waals surface area (Å²) in [7, 11) is -4.06. The number of nitro benzene ring substituents is 1.